The molecule has 0 radical (unpaired) electrons. The number of para-hydroxylation sites is 1. The molecule has 0 bridgehead atoms. The van der Waals surface area contributed by atoms with E-state index in [0.717, 1.165) is 11.3 Å². The van der Waals surface area contributed by atoms with Gasteiger partial charge in [-0.25, -0.2) is 0 Å². The number of benzene rings is 3. The van der Waals surface area contributed by atoms with E-state index in [4.69, 9.17) is 16.3 Å². The van der Waals surface area contributed by atoms with Gasteiger partial charge in [0.1, 0.15) is 5.75 Å². The second kappa shape index (κ2) is 7.88. The Morgan fingerprint density at radius 1 is 1.07 bits per heavy atom. The third-order valence-electron chi connectivity index (χ3n) is 3.86. The quantitative estimate of drug-likeness (QED) is 0.460. The Labute approximate surface area is 160 Å². The Morgan fingerprint density at radius 2 is 1.78 bits per heavy atom. The molecule has 136 valence electrons. The number of nitro groups is 1. The van der Waals surface area contributed by atoms with Crippen molar-refractivity contribution >= 4 is 28.9 Å². The molecule has 0 saturated heterocycles. The summed E-state index contributed by atoms with van der Waals surface area (Å²) in [4.78, 5) is 22.9. The first kappa shape index (κ1) is 18.4. The number of nitrogens with zero attached hydrogens (tertiary/aromatic N) is 1. The number of ether oxygens (including phenoxy) is 1. The maximum Gasteiger partial charge on any atom is 0.313 e. The first-order valence-electron chi connectivity index (χ1n) is 8.03. The minimum absolute atomic E-state index is 0.0708. The van der Waals surface area contributed by atoms with E-state index in [0.29, 0.717) is 11.3 Å². The van der Waals surface area contributed by atoms with E-state index < -0.39 is 4.92 Å². The summed E-state index contributed by atoms with van der Waals surface area (Å²) in [6.45, 7) is 1.91. The maximum atomic E-state index is 12.4. The average molecular weight is 383 g/mol. The monoisotopic (exact) mass is 382 g/mol. The topological polar surface area (TPSA) is 81.5 Å². The molecule has 0 spiro atoms. The van der Waals surface area contributed by atoms with E-state index >= 15 is 0 Å². The number of rotatable bonds is 5. The van der Waals surface area contributed by atoms with Gasteiger partial charge in [0.25, 0.3) is 5.91 Å². The number of hydrogen-bond acceptors (Lipinski definition) is 4. The molecule has 3 rings (SSSR count). The van der Waals surface area contributed by atoms with Crippen LogP contribution in [0.5, 0.6) is 11.5 Å². The fourth-order valence-electron chi connectivity index (χ4n) is 2.43. The number of carbonyl (C=O) groups excluding carboxylic acids is 1. The zero-order valence-corrected chi connectivity index (χ0v) is 15.1. The largest absolute Gasteiger partial charge is 0.450 e. The van der Waals surface area contributed by atoms with Gasteiger partial charge in [-0.1, -0.05) is 29.8 Å². The molecule has 0 atom stereocenters. The summed E-state index contributed by atoms with van der Waals surface area (Å²) in [6, 6.07) is 18.0. The standard InChI is InChI=1S/C20H15ClN2O4/c1-13-4-2-3-5-17(13)22-20(24)14-6-9-16(10-7-14)27-19-11-8-15(21)12-18(19)23(25)26/h2-12H,1H3,(H,22,24). The molecule has 0 aliphatic heterocycles. The summed E-state index contributed by atoms with van der Waals surface area (Å²) in [7, 11) is 0. The van der Waals surface area contributed by atoms with Crippen LogP contribution >= 0.6 is 11.6 Å². The van der Waals surface area contributed by atoms with Crippen molar-refractivity contribution in [2.75, 3.05) is 5.32 Å². The molecule has 0 aliphatic rings. The Bertz CT molecular complexity index is 1000. The molecule has 0 unspecified atom stereocenters. The number of carbonyl (C=O) groups is 1. The maximum absolute atomic E-state index is 12.4. The summed E-state index contributed by atoms with van der Waals surface area (Å²) >= 11 is 5.79. The van der Waals surface area contributed by atoms with Gasteiger partial charge in [-0.2, -0.15) is 0 Å². The van der Waals surface area contributed by atoms with Crippen molar-refractivity contribution in [2.24, 2.45) is 0 Å². The Hall–Kier alpha value is -3.38. The molecule has 3 aromatic rings. The van der Waals surface area contributed by atoms with Gasteiger partial charge in [-0.15, -0.1) is 0 Å². The first-order valence-corrected chi connectivity index (χ1v) is 8.40. The van der Waals surface area contributed by atoms with Crippen LogP contribution in [0.4, 0.5) is 11.4 Å². The Morgan fingerprint density at radius 3 is 2.44 bits per heavy atom. The van der Waals surface area contributed by atoms with Crippen molar-refractivity contribution in [1.29, 1.82) is 0 Å². The number of halogens is 1. The van der Waals surface area contributed by atoms with E-state index in [1.54, 1.807) is 24.3 Å². The summed E-state index contributed by atoms with van der Waals surface area (Å²) in [5.74, 6) is 0.183. The smallest absolute Gasteiger partial charge is 0.313 e. The van der Waals surface area contributed by atoms with E-state index in [2.05, 4.69) is 5.32 Å². The number of nitrogens with one attached hydrogen (secondary N) is 1. The van der Waals surface area contributed by atoms with Crippen LogP contribution in [0.1, 0.15) is 15.9 Å². The summed E-state index contributed by atoms with van der Waals surface area (Å²) in [5, 5.41) is 14.2. The van der Waals surface area contributed by atoms with E-state index in [9.17, 15) is 14.9 Å². The molecule has 0 saturated carbocycles. The fraction of sp³-hybridized carbons (Fsp3) is 0.0500. The Kier molecular flexibility index (Phi) is 5.38. The average Bonchev–Trinajstić information content (AvgIpc) is 2.65. The minimum atomic E-state index is -0.564. The lowest BCUT2D eigenvalue weighted by atomic mass is 10.1. The van der Waals surface area contributed by atoms with Crippen LogP contribution < -0.4 is 10.1 Å². The highest BCUT2D eigenvalue weighted by Crippen LogP contribution is 2.33. The van der Waals surface area contributed by atoms with Crippen molar-refractivity contribution in [1.82, 2.24) is 0 Å². The van der Waals surface area contributed by atoms with Crippen molar-refractivity contribution in [2.45, 2.75) is 6.92 Å². The molecular formula is C20H15ClN2O4. The van der Waals surface area contributed by atoms with Gasteiger partial charge in [0, 0.05) is 22.3 Å². The Balaban J connectivity index is 1.75. The molecule has 3 aromatic carbocycles. The summed E-state index contributed by atoms with van der Waals surface area (Å²) in [5.41, 5.74) is 1.90. The molecular weight excluding hydrogens is 368 g/mol. The second-order valence-electron chi connectivity index (χ2n) is 5.76. The lowest BCUT2D eigenvalue weighted by Gasteiger charge is -2.09. The molecule has 7 heteroatoms. The van der Waals surface area contributed by atoms with Gasteiger partial charge in [0.2, 0.25) is 5.75 Å². The predicted molar refractivity (Wildman–Crippen MR) is 104 cm³/mol. The summed E-state index contributed by atoms with van der Waals surface area (Å²) in [6.07, 6.45) is 0. The number of nitro benzene ring substituents is 1. The molecule has 1 amide bonds. The number of hydrogen-bond donors (Lipinski definition) is 1. The first-order chi connectivity index (χ1) is 12.9. The van der Waals surface area contributed by atoms with Crippen LogP contribution in [0.3, 0.4) is 0 Å². The third-order valence-corrected chi connectivity index (χ3v) is 4.09. The minimum Gasteiger partial charge on any atom is -0.450 e. The molecule has 1 N–H and O–H groups in total. The van der Waals surface area contributed by atoms with Crippen LogP contribution in [0.2, 0.25) is 5.02 Å². The summed E-state index contributed by atoms with van der Waals surface area (Å²) < 4.78 is 5.57. The number of aryl methyl sites for hydroxylation is 1. The predicted octanol–water partition coefficient (Wildman–Crippen LogP) is 5.60. The van der Waals surface area contributed by atoms with Crippen LogP contribution in [0.25, 0.3) is 0 Å². The van der Waals surface area contributed by atoms with Crippen LogP contribution in [-0.2, 0) is 0 Å². The van der Waals surface area contributed by atoms with Crippen molar-refractivity contribution in [3.05, 3.63) is 93.0 Å². The molecule has 6 nitrogen and oxygen atoms in total. The highest BCUT2D eigenvalue weighted by molar-refractivity contribution is 6.30. The zero-order valence-electron chi connectivity index (χ0n) is 14.3. The lowest BCUT2D eigenvalue weighted by molar-refractivity contribution is -0.385. The van der Waals surface area contributed by atoms with Crippen LogP contribution in [-0.4, -0.2) is 10.8 Å². The zero-order chi connectivity index (χ0) is 19.4. The van der Waals surface area contributed by atoms with Crippen molar-refractivity contribution < 1.29 is 14.5 Å². The van der Waals surface area contributed by atoms with Gasteiger partial charge in [0.05, 0.1) is 4.92 Å². The van der Waals surface area contributed by atoms with Crippen LogP contribution in [0, 0.1) is 17.0 Å². The molecule has 27 heavy (non-hydrogen) atoms. The normalized spacial score (nSPS) is 10.3. The second-order valence-corrected chi connectivity index (χ2v) is 6.20. The molecule has 0 aromatic heterocycles. The van der Waals surface area contributed by atoms with Crippen molar-refractivity contribution in [3.8, 4) is 11.5 Å². The van der Waals surface area contributed by atoms with Gasteiger partial charge in [0.15, 0.2) is 0 Å². The van der Waals surface area contributed by atoms with Crippen molar-refractivity contribution in [3.63, 3.8) is 0 Å². The van der Waals surface area contributed by atoms with Gasteiger partial charge in [-0.05, 0) is 55.0 Å². The van der Waals surface area contributed by atoms with Crippen LogP contribution in [0.15, 0.2) is 66.7 Å². The van der Waals surface area contributed by atoms with Gasteiger partial charge < -0.3 is 10.1 Å². The van der Waals surface area contributed by atoms with Gasteiger partial charge >= 0.3 is 5.69 Å². The highest BCUT2D eigenvalue weighted by Gasteiger charge is 2.16. The molecule has 0 aliphatic carbocycles. The number of amides is 1. The molecule has 0 fully saturated rings. The van der Waals surface area contributed by atoms with E-state index in [1.165, 1.54) is 18.2 Å². The third kappa shape index (κ3) is 4.43. The fourth-order valence-corrected chi connectivity index (χ4v) is 2.59. The number of anilines is 1. The lowest BCUT2D eigenvalue weighted by Crippen LogP contribution is -2.12. The highest BCUT2D eigenvalue weighted by atomic mass is 35.5. The van der Waals surface area contributed by atoms with E-state index in [1.807, 2.05) is 31.2 Å². The SMILES string of the molecule is Cc1ccccc1NC(=O)c1ccc(Oc2ccc(Cl)cc2[N+](=O)[O-])cc1. The van der Waals surface area contributed by atoms with Gasteiger partial charge in [-0.3, -0.25) is 14.9 Å². The van der Waals surface area contributed by atoms with E-state index in [-0.39, 0.29) is 22.4 Å². The molecule has 0 heterocycles.